The van der Waals surface area contributed by atoms with E-state index in [-0.39, 0.29) is 24.4 Å². The lowest BCUT2D eigenvalue weighted by atomic mass is 9.96. The van der Waals surface area contributed by atoms with E-state index in [1.807, 2.05) is 4.90 Å². The molecule has 0 bridgehead atoms. The molecule has 2 saturated heterocycles. The van der Waals surface area contributed by atoms with Crippen molar-refractivity contribution in [1.29, 1.82) is 0 Å². The number of carbonyl (C=O) groups excluding carboxylic acids is 3. The number of likely N-dealkylation sites (tertiary alicyclic amines) is 2. The Morgan fingerprint density at radius 2 is 1.72 bits per heavy atom. The van der Waals surface area contributed by atoms with Crippen LogP contribution in [0.15, 0.2) is 0 Å². The Hall–Kier alpha value is -1.83. The lowest BCUT2D eigenvalue weighted by Gasteiger charge is -2.36. The first-order chi connectivity index (χ1) is 12.1. The Kier molecular flexibility index (Phi) is 7.49. The first-order valence-electron chi connectivity index (χ1n) is 8.95. The second-order valence-electron chi connectivity index (χ2n) is 6.59. The Bertz CT molecular complexity index is 479. The zero-order chi connectivity index (χ0) is 18.2. The summed E-state index contributed by atoms with van der Waals surface area (Å²) in [6.07, 6.45) is 3.62. The molecule has 0 spiro atoms. The summed E-state index contributed by atoms with van der Waals surface area (Å²) < 4.78 is 9.71. The van der Waals surface area contributed by atoms with Gasteiger partial charge in [-0.25, -0.2) is 4.79 Å². The average molecular weight is 355 g/mol. The van der Waals surface area contributed by atoms with Crippen molar-refractivity contribution >= 4 is 17.9 Å². The molecule has 0 saturated carbocycles. The van der Waals surface area contributed by atoms with Crippen LogP contribution in [0.25, 0.3) is 0 Å². The predicted molar refractivity (Wildman–Crippen MR) is 91.0 cm³/mol. The molecule has 0 aromatic heterocycles. The maximum absolute atomic E-state index is 12.9. The minimum Gasteiger partial charge on any atom is -0.468 e. The summed E-state index contributed by atoms with van der Waals surface area (Å²) in [6, 6.07) is 0.0337. The van der Waals surface area contributed by atoms with E-state index < -0.39 is 5.97 Å². The molecule has 142 valence electrons. The van der Waals surface area contributed by atoms with Crippen molar-refractivity contribution in [3.63, 3.8) is 0 Å². The third kappa shape index (κ3) is 5.32. The molecular formula is C17H29N3O5. The van der Waals surface area contributed by atoms with E-state index in [4.69, 9.17) is 4.74 Å². The van der Waals surface area contributed by atoms with E-state index in [2.05, 4.69) is 4.74 Å². The van der Waals surface area contributed by atoms with Crippen molar-refractivity contribution in [2.45, 2.75) is 25.7 Å². The van der Waals surface area contributed by atoms with Crippen molar-refractivity contribution in [2.24, 2.45) is 5.92 Å². The summed E-state index contributed by atoms with van der Waals surface area (Å²) in [6.45, 7) is 3.31. The number of urea groups is 1. The van der Waals surface area contributed by atoms with Crippen LogP contribution in [0.2, 0.25) is 0 Å². The quantitative estimate of drug-likeness (QED) is 0.651. The number of ether oxygens (including phenoxy) is 2. The molecule has 2 fully saturated rings. The van der Waals surface area contributed by atoms with Gasteiger partial charge in [0.1, 0.15) is 6.54 Å². The highest BCUT2D eigenvalue weighted by Gasteiger charge is 2.34. The molecule has 0 aliphatic carbocycles. The van der Waals surface area contributed by atoms with E-state index in [1.54, 1.807) is 12.0 Å². The third-order valence-electron chi connectivity index (χ3n) is 4.84. The summed E-state index contributed by atoms with van der Waals surface area (Å²) in [4.78, 5) is 42.1. The van der Waals surface area contributed by atoms with Crippen molar-refractivity contribution in [2.75, 3.05) is 60.1 Å². The van der Waals surface area contributed by atoms with Gasteiger partial charge in [-0.05, 0) is 25.7 Å². The zero-order valence-electron chi connectivity index (χ0n) is 15.2. The normalized spacial score (nSPS) is 20.5. The van der Waals surface area contributed by atoms with Crippen LogP contribution in [0.1, 0.15) is 25.7 Å². The molecule has 3 amide bonds. The second kappa shape index (κ2) is 9.60. The zero-order valence-corrected chi connectivity index (χ0v) is 15.2. The lowest BCUT2D eigenvalue weighted by molar-refractivity contribution is -0.149. The van der Waals surface area contributed by atoms with Gasteiger partial charge in [0.15, 0.2) is 0 Å². The van der Waals surface area contributed by atoms with Crippen LogP contribution in [0.4, 0.5) is 4.79 Å². The smallest absolute Gasteiger partial charge is 0.325 e. The Labute approximate surface area is 149 Å². The van der Waals surface area contributed by atoms with Gasteiger partial charge in [0, 0.05) is 39.8 Å². The molecular weight excluding hydrogens is 326 g/mol. The van der Waals surface area contributed by atoms with E-state index >= 15 is 0 Å². The monoisotopic (exact) mass is 355 g/mol. The van der Waals surface area contributed by atoms with E-state index in [0.717, 1.165) is 38.8 Å². The molecule has 0 radical (unpaired) electrons. The summed E-state index contributed by atoms with van der Waals surface area (Å²) in [5.41, 5.74) is 0. The molecule has 0 aromatic carbocycles. The predicted octanol–water partition coefficient (Wildman–Crippen LogP) is 0.562. The van der Waals surface area contributed by atoms with Crippen molar-refractivity contribution in [3.05, 3.63) is 0 Å². The first kappa shape index (κ1) is 19.5. The standard InChI is InChI=1S/C17H29N3O5/c1-24-11-10-19(13-15(21)25-2)16(22)14-6-5-9-20(12-14)17(23)18-7-3-4-8-18/h14H,3-13H2,1-2H3. The molecule has 25 heavy (non-hydrogen) atoms. The van der Waals surface area contributed by atoms with Crippen molar-refractivity contribution < 1.29 is 23.9 Å². The number of carbonyl (C=O) groups is 3. The SMILES string of the molecule is COCCN(CC(=O)OC)C(=O)C1CCCN(C(=O)N2CCCC2)C1. The molecule has 2 aliphatic rings. The summed E-state index contributed by atoms with van der Waals surface area (Å²) in [7, 11) is 2.86. The van der Waals surface area contributed by atoms with Crippen LogP contribution in [-0.4, -0.2) is 92.7 Å². The van der Waals surface area contributed by atoms with Gasteiger partial charge in [0.05, 0.1) is 19.6 Å². The largest absolute Gasteiger partial charge is 0.468 e. The van der Waals surface area contributed by atoms with Gasteiger partial charge in [-0.15, -0.1) is 0 Å². The topological polar surface area (TPSA) is 79.4 Å². The van der Waals surface area contributed by atoms with Gasteiger partial charge < -0.3 is 24.2 Å². The van der Waals surface area contributed by atoms with Crippen molar-refractivity contribution in [3.8, 4) is 0 Å². The van der Waals surface area contributed by atoms with Crippen LogP contribution in [0.3, 0.4) is 0 Å². The maximum atomic E-state index is 12.9. The molecule has 8 heteroatoms. The summed E-state index contributed by atoms with van der Waals surface area (Å²) >= 11 is 0. The number of amides is 3. The lowest BCUT2D eigenvalue weighted by Crippen LogP contribution is -2.51. The molecule has 1 unspecified atom stereocenters. The fourth-order valence-electron chi connectivity index (χ4n) is 3.41. The Morgan fingerprint density at radius 3 is 2.36 bits per heavy atom. The minimum absolute atomic E-state index is 0.0337. The summed E-state index contributed by atoms with van der Waals surface area (Å²) in [5, 5.41) is 0. The van der Waals surface area contributed by atoms with Gasteiger partial charge in [-0.1, -0.05) is 0 Å². The number of hydrogen-bond donors (Lipinski definition) is 0. The highest BCUT2D eigenvalue weighted by atomic mass is 16.5. The number of methoxy groups -OCH3 is 2. The van der Waals surface area contributed by atoms with Crippen LogP contribution in [0, 0.1) is 5.92 Å². The number of nitrogens with zero attached hydrogens (tertiary/aromatic N) is 3. The minimum atomic E-state index is -0.453. The second-order valence-corrected chi connectivity index (χ2v) is 6.59. The average Bonchev–Trinajstić information content (AvgIpc) is 3.18. The molecule has 0 aromatic rings. The highest BCUT2D eigenvalue weighted by Crippen LogP contribution is 2.21. The molecule has 2 rings (SSSR count). The van der Waals surface area contributed by atoms with Crippen LogP contribution in [0.5, 0.6) is 0 Å². The van der Waals surface area contributed by atoms with Crippen LogP contribution < -0.4 is 0 Å². The number of piperidine rings is 1. The number of esters is 1. The van der Waals surface area contributed by atoms with E-state index in [9.17, 15) is 14.4 Å². The molecule has 2 heterocycles. The maximum Gasteiger partial charge on any atom is 0.325 e. The van der Waals surface area contributed by atoms with Gasteiger partial charge in [-0.3, -0.25) is 9.59 Å². The first-order valence-corrected chi connectivity index (χ1v) is 8.95. The summed E-state index contributed by atoms with van der Waals surface area (Å²) in [5.74, 6) is -0.839. The van der Waals surface area contributed by atoms with Crippen LogP contribution in [-0.2, 0) is 19.1 Å². The Balaban J connectivity index is 1.97. The number of rotatable bonds is 6. The molecule has 2 aliphatic heterocycles. The van der Waals surface area contributed by atoms with Gasteiger partial charge in [-0.2, -0.15) is 0 Å². The molecule has 1 atom stereocenters. The number of hydrogen-bond acceptors (Lipinski definition) is 5. The van der Waals surface area contributed by atoms with E-state index in [0.29, 0.717) is 26.2 Å². The van der Waals surface area contributed by atoms with Gasteiger partial charge in [0.2, 0.25) is 5.91 Å². The van der Waals surface area contributed by atoms with Gasteiger partial charge in [0.25, 0.3) is 0 Å². The fourth-order valence-corrected chi connectivity index (χ4v) is 3.41. The molecule has 8 nitrogen and oxygen atoms in total. The highest BCUT2D eigenvalue weighted by molar-refractivity contribution is 5.84. The Morgan fingerprint density at radius 1 is 1.04 bits per heavy atom. The third-order valence-corrected chi connectivity index (χ3v) is 4.84. The molecule has 0 N–H and O–H groups in total. The van der Waals surface area contributed by atoms with Gasteiger partial charge >= 0.3 is 12.0 Å². The van der Waals surface area contributed by atoms with Crippen LogP contribution >= 0.6 is 0 Å². The fraction of sp³-hybridized carbons (Fsp3) is 0.824. The van der Waals surface area contributed by atoms with Crippen molar-refractivity contribution in [1.82, 2.24) is 14.7 Å². The van der Waals surface area contributed by atoms with E-state index in [1.165, 1.54) is 12.0 Å².